The molecule has 118 valence electrons. The minimum atomic E-state index is -3.48. The fourth-order valence-electron chi connectivity index (χ4n) is 2.50. The minimum Gasteiger partial charge on any atom is -0.369 e. The first kappa shape index (κ1) is 16.2. The second-order valence-corrected chi connectivity index (χ2v) is 7.32. The van der Waals surface area contributed by atoms with Crippen LogP contribution in [0.15, 0.2) is 23.2 Å². The Morgan fingerprint density at radius 1 is 1.29 bits per heavy atom. The second-order valence-electron chi connectivity index (χ2n) is 5.41. The van der Waals surface area contributed by atoms with Gasteiger partial charge in [0.25, 0.3) is 0 Å². The van der Waals surface area contributed by atoms with E-state index in [0.29, 0.717) is 31.5 Å². The van der Waals surface area contributed by atoms with Crippen LogP contribution < -0.4 is 5.32 Å². The van der Waals surface area contributed by atoms with Gasteiger partial charge in [0.2, 0.25) is 10.0 Å². The fourth-order valence-corrected chi connectivity index (χ4v) is 4.04. The Morgan fingerprint density at radius 3 is 2.52 bits per heavy atom. The van der Waals surface area contributed by atoms with Crippen molar-refractivity contribution in [2.75, 3.05) is 38.0 Å². The lowest BCUT2D eigenvalue weighted by Gasteiger charge is -2.36. The molecule has 2 rings (SSSR count). The lowest BCUT2D eigenvalue weighted by atomic mass is 10.3. The molecular formula is C14H24N4O2S. The topological polar surface area (TPSA) is 65.5 Å². The van der Waals surface area contributed by atoms with Crippen LogP contribution in [0.1, 0.15) is 20.8 Å². The fraction of sp³-hybridized carbons (Fsp3) is 0.643. The van der Waals surface area contributed by atoms with E-state index in [1.54, 1.807) is 22.6 Å². The third-order valence-electron chi connectivity index (χ3n) is 3.74. The Morgan fingerprint density at radius 2 is 1.95 bits per heavy atom. The highest BCUT2D eigenvalue weighted by Gasteiger charge is 2.31. The molecule has 0 aromatic carbocycles. The molecule has 0 amide bonds. The molecule has 1 N–H and O–H groups in total. The summed E-state index contributed by atoms with van der Waals surface area (Å²) in [6.07, 6.45) is 1.60. The Kier molecular flexibility index (Phi) is 5.18. The highest BCUT2D eigenvalue weighted by molar-refractivity contribution is 7.89. The first-order chi connectivity index (χ1) is 9.96. The van der Waals surface area contributed by atoms with Gasteiger partial charge in [0.15, 0.2) is 0 Å². The van der Waals surface area contributed by atoms with Crippen LogP contribution in [-0.4, -0.2) is 61.4 Å². The lowest BCUT2D eigenvalue weighted by Crippen LogP contribution is -2.50. The van der Waals surface area contributed by atoms with Gasteiger partial charge in [0.1, 0.15) is 10.7 Å². The van der Waals surface area contributed by atoms with Crippen LogP contribution >= 0.6 is 0 Å². The van der Waals surface area contributed by atoms with Gasteiger partial charge in [-0.05, 0) is 32.9 Å². The Hall–Kier alpha value is -1.18. The molecule has 1 fully saturated rings. The summed E-state index contributed by atoms with van der Waals surface area (Å²) in [5.41, 5.74) is 0. The summed E-state index contributed by atoms with van der Waals surface area (Å²) in [5.74, 6) is 0.436. The van der Waals surface area contributed by atoms with Crippen molar-refractivity contribution >= 4 is 15.8 Å². The van der Waals surface area contributed by atoms with Crippen molar-refractivity contribution in [1.82, 2.24) is 14.2 Å². The number of rotatable bonds is 5. The maximum atomic E-state index is 12.8. The summed E-state index contributed by atoms with van der Waals surface area (Å²) in [4.78, 5) is 6.71. The van der Waals surface area contributed by atoms with Crippen LogP contribution in [0, 0.1) is 0 Å². The van der Waals surface area contributed by atoms with E-state index in [0.717, 1.165) is 13.1 Å². The largest absolute Gasteiger partial charge is 0.369 e. The molecule has 1 aromatic rings. The van der Waals surface area contributed by atoms with Gasteiger partial charge in [-0.3, -0.25) is 4.90 Å². The van der Waals surface area contributed by atoms with Crippen LogP contribution in [0.3, 0.4) is 0 Å². The molecule has 0 saturated carbocycles. The zero-order chi connectivity index (χ0) is 15.5. The molecule has 0 atom stereocenters. The van der Waals surface area contributed by atoms with Gasteiger partial charge < -0.3 is 5.32 Å². The molecule has 0 bridgehead atoms. The van der Waals surface area contributed by atoms with E-state index in [1.165, 1.54) is 0 Å². The van der Waals surface area contributed by atoms with E-state index in [2.05, 4.69) is 29.0 Å². The van der Waals surface area contributed by atoms with Crippen LogP contribution in [0.2, 0.25) is 0 Å². The summed E-state index contributed by atoms with van der Waals surface area (Å²) in [5, 5.41) is 3.02. The van der Waals surface area contributed by atoms with Gasteiger partial charge in [-0.1, -0.05) is 0 Å². The van der Waals surface area contributed by atoms with Crippen LogP contribution in [-0.2, 0) is 10.0 Å². The summed E-state index contributed by atoms with van der Waals surface area (Å²) in [6.45, 7) is 9.43. The van der Waals surface area contributed by atoms with Crippen LogP contribution in [0.4, 0.5) is 5.82 Å². The average molecular weight is 312 g/mol. The first-order valence-corrected chi connectivity index (χ1v) is 8.84. The van der Waals surface area contributed by atoms with E-state index < -0.39 is 10.0 Å². The van der Waals surface area contributed by atoms with Crippen molar-refractivity contribution in [3.63, 3.8) is 0 Å². The molecule has 0 aliphatic carbocycles. The molecule has 1 saturated heterocycles. The van der Waals surface area contributed by atoms with Gasteiger partial charge >= 0.3 is 0 Å². The Labute approximate surface area is 127 Å². The number of anilines is 1. The molecule has 0 spiro atoms. The monoisotopic (exact) mass is 312 g/mol. The molecule has 6 nitrogen and oxygen atoms in total. The Bertz CT molecular complexity index is 566. The van der Waals surface area contributed by atoms with E-state index >= 15 is 0 Å². The molecule has 7 heteroatoms. The van der Waals surface area contributed by atoms with Gasteiger partial charge in [0, 0.05) is 45.0 Å². The van der Waals surface area contributed by atoms with Crippen molar-refractivity contribution in [2.24, 2.45) is 0 Å². The summed E-state index contributed by atoms with van der Waals surface area (Å²) < 4.78 is 27.1. The molecule has 2 heterocycles. The number of nitrogens with one attached hydrogen (secondary N) is 1. The number of pyridine rings is 1. The standard InChI is InChI=1S/C14H24N4O2S/c1-4-15-14-13(6-5-7-16-14)21(19,20)18-10-8-17(9-11-18)12(2)3/h5-7,12H,4,8-11H2,1-3H3,(H,15,16). The van der Waals surface area contributed by atoms with Crippen molar-refractivity contribution in [2.45, 2.75) is 31.7 Å². The molecule has 21 heavy (non-hydrogen) atoms. The SMILES string of the molecule is CCNc1ncccc1S(=O)(=O)N1CCN(C(C)C)CC1. The van der Waals surface area contributed by atoms with Crippen LogP contribution in [0.5, 0.6) is 0 Å². The second kappa shape index (κ2) is 6.72. The lowest BCUT2D eigenvalue weighted by molar-refractivity contribution is 0.154. The predicted molar refractivity (Wildman–Crippen MR) is 83.9 cm³/mol. The maximum Gasteiger partial charge on any atom is 0.246 e. The molecule has 1 aromatic heterocycles. The zero-order valence-corrected chi connectivity index (χ0v) is 13.7. The van der Waals surface area contributed by atoms with Crippen molar-refractivity contribution in [3.05, 3.63) is 18.3 Å². The average Bonchev–Trinajstić information content (AvgIpc) is 2.48. The molecule has 1 aliphatic rings. The van der Waals surface area contributed by atoms with E-state index in [4.69, 9.17) is 0 Å². The normalized spacial score (nSPS) is 18.1. The molecule has 0 radical (unpaired) electrons. The number of sulfonamides is 1. The quantitative estimate of drug-likeness (QED) is 0.886. The summed E-state index contributed by atoms with van der Waals surface area (Å²) in [7, 11) is -3.48. The third kappa shape index (κ3) is 3.53. The van der Waals surface area contributed by atoms with Crippen molar-refractivity contribution in [1.29, 1.82) is 0 Å². The van der Waals surface area contributed by atoms with Crippen molar-refractivity contribution < 1.29 is 8.42 Å². The molecule has 0 unspecified atom stereocenters. The number of hydrogen-bond acceptors (Lipinski definition) is 5. The van der Waals surface area contributed by atoms with E-state index in [-0.39, 0.29) is 4.90 Å². The number of nitrogens with zero attached hydrogens (tertiary/aromatic N) is 3. The number of piperazine rings is 1. The molecule has 1 aliphatic heterocycles. The van der Waals surface area contributed by atoms with E-state index in [1.807, 2.05) is 6.92 Å². The highest BCUT2D eigenvalue weighted by Crippen LogP contribution is 2.23. The van der Waals surface area contributed by atoms with Gasteiger partial charge in [0.05, 0.1) is 0 Å². The van der Waals surface area contributed by atoms with Crippen molar-refractivity contribution in [3.8, 4) is 0 Å². The first-order valence-electron chi connectivity index (χ1n) is 7.40. The summed E-state index contributed by atoms with van der Waals surface area (Å²) in [6, 6.07) is 3.73. The van der Waals surface area contributed by atoms with Gasteiger partial charge in [-0.15, -0.1) is 0 Å². The molecular weight excluding hydrogens is 288 g/mol. The number of hydrogen-bond donors (Lipinski definition) is 1. The highest BCUT2D eigenvalue weighted by atomic mass is 32.2. The van der Waals surface area contributed by atoms with Crippen LogP contribution in [0.25, 0.3) is 0 Å². The zero-order valence-electron chi connectivity index (χ0n) is 12.9. The van der Waals surface area contributed by atoms with Gasteiger partial charge in [-0.25, -0.2) is 13.4 Å². The number of aromatic nitrogens is 1. The minimum absolute atomic E-state index is 0.268. The maximum absolute atomic E-state index is 12.8. The smallest absolute Gasteiger partial charge is 0.246 e. The summed E-state index contributed by atoms with van der Waals surface area (Å²) >= 11 is 0. The van der Waals surface area contributed by atoms with E-state index in [9.17, 15) is 8.42 Å². The predicted octanol–water partition coefficient (Wildman–Crippen LogP) is 1.23. The third-order valence-corrected chi connectivity index (χ3v) is 5.67. The van der Waals surface area contributed by atoms with Gasteiger partial charge in [-0.2, -0.15) is 4.31 Å². The Balaban J connectivity index is 2.20.